The van der Waals surface area contributed by atoms with Crippen molar-refractivity contribution in [3.63, 3.8) is 0 Å². The second-order valence-corrected chi connectivity index (χ2v) is 4.03. The molecule has 0 saturated heterocycles. The molecule has 0 spiro atoms. The van der Waals surface area contributed by atoms with Gasteiger partial charge in [-0.2, -0.15) is 0 Å². The predicted octanol–water partition coefficient (Wildman–Crippen LogP) is 4.18. The topological polar surface area (TPSA) is 9.23 Å². The van der Waals surface area contributed by atoms with Gasteiger partial charge in [0.15, 0.2) is 0 Å². The monoisotopic (exact) mass is 212 g/mol. The molecule has 2 rings (SSSR count). The number of hydrogen-bond acceptors (Lipinski definition) is 1. The van der Waals surface area contributed by atoms with Crippen LogP contribution in [0.1, 0.15) is 13.3 Å². The van der Waals surface area contributed by atoms with Crippen LogP contribution in [0.4, 0.5) is 0 Å². The zero-order chi connectivity index (χ0) is 11.4. The molecule has 0 heterocycles. The van der Waals surface area contributed by atoms with Gasteiger partial charge in [0.2, 0.25) is 0 Å². The van der Waals surface area contributed by atoms with Crippen molar-refractivity contribution in [1.29, 1.82) is 0 Å². The van der Waals surface area contributed by atoms with Crippen LogP contribution in [0, 0.1) is 0 Å². The van der Waals surface area contributed by atoms with E-state index in [1.54, 1.807) is 0 Å². The quantitative estimate of drug-likeness (QED) is 0.691. The molecule has 2 aromatic carbocycles. The van der Waals surface area contributed by atoms with Crippen LogP contribution in [0.15, 0.2) is 54.6 Å². The van der Waals surface area contributed by atoms with Gasteiger partial charge >= 0.3 is 0 Å². The van der Waals surface area contributed by atoms with Gasteiger partial charge in [-0.05, 0) is 18.4 Å². The van der Waals surface area contributed by atoms with Crippen LogP contribution in [0.2, 0.25) is 0 Å². The minimum atomic E-state index is 0.698. The fourth-order valence-corrected chi connectivity index (χ4v) is 1.66. The van der Waals surface area contributed by atoms with Gasteiger partial charge in [0.05, 0.1) is 6.61 Å². The van der Waals surface area contributed by atoms with Crippen molar-refractivity contribution in [3.05, 3.63) is 54.6 Å². The second kappa shape index (κ2) is 4.84. The molecule has 82 valence electrons. The minimum absolute atomic E-state index is 0.698. The normalized spacial score (nSPS) is 10.3. The molecule has 0 amide bonds. The first-order chi connectivity index (χ1) is 7.77. The molecule has 2 aromatic rings. The Morgan fingerprint density at radius 2 is 1.88 bits per heavy atom. The maximum absolute atomic E-state index is 5.77. The summed E-state index contributed by atoms with van der Waals surface area (Å²) in [6, 6.07) is 14.4. The van der Waals surface area contributed by atoms with Gasteiger partial charge in [0.1, 0.15) is 5.75 Å². The number of benzene rings is 2. The van der Waals surface area contributed by atoms with Gasteiger partial charge in [-0.3, -0.25) is 0 Å². The van der Waals surface area contributed by atoms with Crippen LogP contribution in [0.25, 0.3) is 10.8 Å². The lowest BCUT2D eigenvalue weighted by molar-refractivity contribution is 0.325. The molecule has 1 nitrogen and oxygen atoms in total. The first-order valence-electron chi connectivity index (χ1n) is 5.52. The van der Waals surface area contributed by atoms with E-state index in [4.69, 9.17) is 4.74 Å². The highest BCUT2D eigenvalue weighted by Gasteiger charge is 2.00. The Morgan fingerprint density at radius 3 is 2.69 bits per heavy atom. The zero-order valence-corrected chi connectivity index (χ0v) is 9.57. The van der Waals surface area contributed by atoms with Gasteiger partial charge in [-0.25, -0.2) is 0 Å². The fourth-order valence-electron chi connectivity index (χ4n) is 1.66. The third kappa shape index (κ3) is 2.43. The summed E-state index contributed by atoms with van der Waals surface area (Å²) in [6.07, 6.45) is 0.906. The molecule has 0 N–H and O–H groups in total. The predicted molar refractivity (Wildman–Crippen MR) is 68.9 cm³/mol. The molecule has 0 saturated carbocycles. The summed E-state index contributed by atoms with van der Waals surface area (Å²) in [5.41, 5.74) is 1.15. The van der Waals surface area contributed by atoms with Crippen LogP contribution >= 0.6 is 0 Å². The van der Waals surface area contributed by atoms with E-state index in [0.717, 1.165) is 17.7 Å². The van der Waals surface area contributed by atoms with Gasteiger partial charge in [-0.15, -0.1) is 6.58 Å². The van der Waals surface area contributed by atoms with Crippen LogP contribution in [0.3, 0.4) is 0 Å². The fraction of sp³-hybridized carbons (Fsp3) is 0.200. The third-order valence-electron chi connectivity index (χ3n) is 2.54. The molecule has 0 fully saturated rings. The Labute approximate surface area is 96.4 Å². The summed E-state index contributed by atoms with van der Waals surface area (Å²) in [6.45, 7) is 6.59. The summed E-state index contributed by atoms with van der Waals surface area (Å²) in [5, 5.41) is 2.39. The standard InChI is InChI=1S/C15H16O/c1-12(2)10-11-16-15-9-5-7-13-6-3-4-8-14(13)15/h3-9H,1,10-11H2,2H3. The molecule has 0 aliphatic carbocycles. The largest absolute Gasteiger partial charge is 0.493 e. The lowest BCUT2D eigenvalue weighted by Gasteiger charge is -2.08. The van der Waals surface area contributed by atoms with E-state index in [-0.39, 0.29) is 0 Å². The van der Waals surface area contributed by atoms with Crippen LogP contribution < -0.4 is 4.74 Å². The Kier molecular flexibility index (Phi) is 3.25. The van der Waals surface area contributed by atoms with Gasteiger partial charge in [-0.1, -0.05) is 42.0 Å². The summed E-state index contributed by atoms with van der Waals surface area (Å²) in [5.74, 6) is 0.958. The first-order valence-corrected chi connectivity index (χ1v) is 5.52. The van der Waals surface area contributed by atoms with Crippen molar-refractivity contribution in [2.75, 3.05) is 6.61 Å². The van der Waals surface area contributed by atoms with Gasteiger partial charge in [0.25, 0.3) is 0 Å². The van der Waals surface area contributed by atoms with E-state index in [0.29, 0.717) is 6.61 Å². The molecule has 0 aliphatic rings. The number of hydrogen-bond donors (Lipinski definition) is 0. The summed E-state index contributed by atoms with van der Waals surface area (Å²) >= 11 is 0. The molecular formula is C15H16O. The average Bonchev–Trinajstić information content (AvgIpc) is 2.29. The van der Waals surface area contributed by atoms with Crippen molar-refractivity contribution in [3.8, 4) is 5.75 Å². The van der Waals surface area contributed by atoms with E-state index in [1.807, 2.05) is 31.2 Å². The van der Waals surface area contributed by atoms with E-state index in [1.165, 1.54) is 10.8 Å². The van der Waals surface area contributed by atoms with Crippen molar-refractivity contribution >= 4 is 10.8 Å². The van der Waals surface area contributed by atoms with Crippen molar-refractivity contribution in [2.24, 2.45) is 0 Å². The molecule has 1 heteroatoms. The Balaban J connectivity index is 2.20. The molecule has 16 heavy (non-hydrogen) atoms. The van der Waals surface area contributed by atoms with Gasteiger partial charge in [0, 0.05) is 11.8 Å². The number of ether oxygens (including phenoxy) is 1. The maximum atomic E-state index is 5.77. The highest BCUT2D eigenvalue weighted by Crippen LogP contribution is 2.25. The molecule has 0 atom stereocenters. The number of rotatable bonds is 4. The van der Waals surface area contributed by atoms with E-state index in [9.17, 15) is 0 Å². The highest BCUT2D eigenvalue weighted by molar-refractivity contribution is 5.88. The smallest absolute Gasteiger partial charge is 0.127 e. The Morgan fingerprint density at radius 1 is 1.12 bits per heavy atom. The van der Waals surface area contributed by atoms with Crippen molar-refractivity contribution in [1.82, 2.24) is 0 Å². The van der Waals surface area contributed by atoms with E-state index in [2.05, 4.69) is 24.8 Å². The highest BCUT2D eigenvalue weighted by atomic mass is 16.5. The summed E-state index contributed by atoms with van der Waals surface area (Å²) in [4.78, 5) is 0. The minimum Gasteiger partial charge on any atom is -0.493 e. The molecule has 0 aliphatic heterocycles. The third-order valence-corrected chi connectivity index (χ3v) is 2.54. The lowest BCUT2D eigenvalue weighted by atomic mass is 10.1. The van der Waals surface area contributed by atoms with Crippen LogP contribution in [-0.4, -0.2) is 6.61 Å². The van der Waals surface area contributed by atoms with Crippen molar-refractivity contribution < 1.29 is 4.74 Å². The molecule has 0 unspecified atom stereocenters. The first kappa shape index (κ1) is 10.7. The van der Waals surface area contributed by atoms with E-state index < -0.39 is 0 Å². The van der Waals surface area contributed by atoms with Gasteiger partial charge < -0.3 is 4.74 Å². The van der Waals surface area contributed by atoms with Crippen molar-refractivity contribution in [2.45, 2.75) is 13.3 Å². The average molecular weight is 212 g/mol. The maximum Gasteiger partial charge on any atom is 0.127 e. The molecular weight excluding hydrogens is 196 g/mol. The number of fused-ring (bicyclic) bond motifs is 1. The molecule has 0 aromatic heterocycles. The second-order valence-electron chi connectivity index (χ2n) is 4.03. The lowest BCUT2D eigenvalue weighted by Crippen LogP contribution is -1.97. The van der Waals surface area contributed by atoms with Crippen LogP contribution in [0.5, 0.6) is 5.75 Å². The Bertz CT molecular complexity index is 494. The SMILES string of the molecule is C=C(C)CCOc1cccc2ccccc12. The summed E-state index contributed by atoms with van der Waals surface area (Å²) < 4.78 is 5.77. The van der Waals surface area contributed by atoms with E-state index >= 15 is 0 Å². The molecule has 0 radical (unpaired) electrons. The van der Waals surface area contributed by atoms with Crippen LogP contribution in [-0.2, 0) is 0 Å². The Hall–Kier alpha value is -1.76. The summed E-state index contributed by atoms with van der Waals surface area (Å²) in [7, 11) is 0. The molecule has 0 bridgehead atoms. The zero-order valence-electron chi connectivity index (χ0n) is 9.57.